The minimum atomic E-state index is -0.0937. The average molecular weight is 1040 g/mol. The van der Waals surface area contributed by atoms with Crippen molar-refractivity contribution in [2.75, 3.05) is 9.80 Å². The topological polar surface area (TPSA) is 45.2 Å². The molecule has 0 N–H and O–H groups in total. The van der Waals surface area contributed by atoms with Crippen LogP contribution < -0.4 is 26.2 Å². The highest BCUT2D eigenvalue weighted by Gasteiger charge is 2.45. The van der Waals surface area contributed by atoms with Crippen LogP contribution in [0, 0.1) is 0 Å². The molecule has 0 amide bonds. The monoisotopic (exact) mass is 1040 g/mol. The van der Waals surface area contributed by atoms with Gasteiger partial charge in [0.2, 0.25) is 0 Å². The van der Waals surface area contributed by atoms with Gasteiger partial charge in [0, 0.05) is 50.8 Å². The lowest BCUT2D eigenvalue weighted by Gasteiger charge is -2.45. The van der Waals surface area contributed by atoms with Crippen LogP contribution in [-0.4, -0.2) is 21.7 Å². The quantitative estimate of drug-likeness (QED) is 0.149. The van der Waals surface area contributed by atoms with Gasteiger partial charge in [0.25, 0.3) is 6.71 Å². The lowest BCUT2D eigenvalue weighted by Crippen LogP contribution is -2.61. The maximum Gasteiger partial charge on any atom is 0.252 e. The molecule has 4 aliphatic rings. The van der Waals surface area contributed by atoms with E-state index in [4.69, 9.17) is 15.0 Å². The third-order valence-electron chi connectivity index (χ3n) is 18.0. The van der Waals surface area contributed by atoms with E-state index in [-0.39, 0.29) is 28.4 Å². The van der Waals surface area contributed by atoms with Crippen molar-refractivity contribution in [3.05, 3.63) is 179 Å². The van der Waals surface area contributed by atoms with Crippen molar-refractivity contribution >= 4 is 57.2 Å². The lowest BCUT2D eigenvalue weighted by atomic mass is 9.33. The highest BCUT2D eigenvalue weighted by atomic mass is 15.2. The number of hydrogen-bond donors (Lipinski definition) is 0. The number of benzene rings is 7. The Bertz CT molecular complexity index is 3280. The first kappa shape index (κ1) is 52.9. The van der Waals surface area contributed by atoms with Gasteiger partial charge in [0.15, 0.2) is 17.5 Å². The van der Waals surface area contributed by atoms with Crippen LogP contribution in [0.3, 0.4) is 0 Å². The van der Waals surface area contributed by atoms with Crippen molar-refractivity contribution in [2.45, 2.75) is 181 Å². The van der Waals surface area contributed by atoms with Gasteiger partial charge >= 0.3 is 0 Å². The highest BCUT2D eigenvalue weighted by Crippen LogP contribution is 2.50. The lowest BCUT2D eigenvalue weighted by molar-refractivity contribution is 0.444. The zero-order valence-electron chi connectivity index (χ0n) is 49.4. The maximum absolute atomic E-state index is 5.52. The summed E-state index contributed by atoms with van der Waals surface area (Å²) in [5, 5.41) is 0. The molecule has 0 unspecified atom stereocenters. The van der Waals surface area contributed by atoms with Gasteiger partial charge in [-0.15, -0.1) is 0 Å². The van der Waals surface area contributed by atoms with Gasteiger partial charge in [0.1, 0.15) is 0 Å². The summed E-state index contributed by atoms with van der Waals surface area (Å²) in [5.74, 6) is 3.05. The van der Waals surface area contributed by atoms with Gasteiger partial charge < -0.3 is 9.80 Å². The molecule has 5 nitrogen and oxygen atoms in total. The number of nitrogens with zero attached hydrogens (tertiary/aromatic N) is 5. The van der Waals surface area contributed by atoms with Crippen LogP contribution in [0.4, 0.5) is 34.1 Å². The van der Waals surface area contributed by atoms with E-state index in [1.807, 2.05) is 0 Å². The van der Waals surface area contributed by atoms with Crippen LogP contribution in [0.2, 0.25) is 0 Å². The molecular weight excluding hydrogens is 958 g/mol. The van der Waals surface area contributed by atoms with Crippen LogP contribution in [0.5, 0.6) is 0 Å². The number of hydrogen-bond acceptors (Lipinski definition) is 5. The summed E-state index contributed by atoms with van der Waals surface area (Å²) < 4.78 is 0. The second-order valence-electron chi connectivity index (χ2n) is 27.9. The molecule has 0 saturated heterocycles. The van der Waals surface area contributed by atoms with Crippen LogP contribution >= 0.6 is 0 Å². The van der Waals surface area contributed by atoms with Crippen molar-refractivity contribution in [1.29, 1.82) is 0 Å². The smallest absolute Gasteiger partial charge is 0.252 e. The van der Waals surface area contributed by atoms with Crippen LogP contribution in [0.25, 0.3) is 34.2 Å². The molecule has 3 heterocycles. The molecular formula is C73H82BN5. The highest BCUT2D eigenvalue weighted by molar-refractivity contribution is 7.00. The van der Waals surface area contributed by atoms with Gasteiger partial charge in [-0.05, 0) is 157 Å². The Kier molecular flexibility index (Phi) is 13.4. The molecule has 0 atom stereocenters. The fraction of sp³-hybridized carbons (Fsp3) is 0.384. The van der Waals surface area contributed by atoms with Crippen molar-refractivity contribution in [2.24, 2.45) is 0 Å². The second-order valence-corrected chi connectivity index (χ2v) is 27.9. The molecule has 8 aromatic rings. The normalized spacial score (nSPS) is 16.2. The van der Waals surface area contributed by atoms with Gasteiger partial charge in [-0.25, -0.2) is 15.0 Å². The molecule has 402 valence electrons. The minimum Gasteiger partial charge on any atom is -0.311 e. The Morgan fingerprint density at radius 1 is 0.354 bits per heavy atom. The molecule has 7 aromatic carbocycles. The SMILES string of the molecule is CC(C)(C)c1cc(N2c3cc(C4CCCCC4)ccc3B3c4ccc(C5CCCCC5)cc4N(c4cc(C(C)(C)C)cc(C(C)(C)C)c4)c4cc(-c5nc(-c6ccccc6)nc(-c6ccccc6)n5)cc2c43)cc(C(C)(C)C)c1. The molecule has 1 aromatic heterocycles. The number of aromatic nitrogens is 3. The van der Waals surface area contributed by atoms with E-state index in [2.05, 4.69) is 238 Å². The summed E-state index contributed by atoms with van der Waals surface area (Å²) in [6.07, 6.45) is 12.7. The summed E-state index contributed by atoms with van der Waals surface area (Å²) in [7, 11) is 0. The standard InChI is InChI=1S/C73H82BN5/c1-70(2,3)54-41-55(71(4,5)6)44-58(43-54)78-62-37-51(47-25-17-13-18-26-47)33-35-60(62)74-61-36-34-52(48-27-19-14-20-28-48)38-63(61)79(59-45-56(72(7,8)9)42-57(46-59)73(10,11)12)65-40-53(39-64(78)66(65)74)69-76-67(49-29-21-15-22-30-49)75-68(77-69)50-31-23-16-24-32-50/h15-16,21-24,29-48H,13-14,17-20,25-28H2,1-12H3. The Hall–Kier alpha value is -6.79. The molecule has 0 radical (unpaired) electrons. The third kappa shape index (κ3) is 10.2. The van der Waals surface area contributed by atoms with E-state index < -0.39 is 0 Å². The molecule has 6 heteroatoms. The van der Waals surface area contributed by atoms with Crippen molar-refractivity contribution in [3.8, 4) is 34.2 Å². The van der Waals surface area contributed by atoms with E-state index in [1.54, 1.807) is 0 Å². The van der Waals surface area contributed by atoms with Gasteiger partial charge in [-0.2, -0.15) is 0 Å². The van der Waals surface area contributed by atoms with Gasteiger partial charge in [0.05, 0.1) is 0 Å². The Labute approximate surface area is 473 Å². The molecule has 2 fully saturated rings. The zero-order chi connectivity index (χ0) is 55.2. The van der Waals surface area contributed by atoms with Crippen LogP contribution in [-0.2, 0) is 21.7 Å². The van der Waals surface area contributed by atoms with E-state index in [9.17, 15) is 0 Å². The molecule has 2 aliphatic carbocycles. The first-order chi connectivity index (χ1) is 37.7. The molecule has 2 aliphatic heterocycles. The summed E-state index contributed by atoms with van der Waals surface area (Å²) in [6, 6.07) is 56.1. The fourth-order valence-electron chi connectivity index (χ4n) is 13.2. The van der Waals surface area contributed by atoms with Crippen molar-refractivity contribution in [1.82, 2.24) is 15.0 Å². The summed E-state index contributed by atoms with van der Waals surface area (Å²) >= 11 is 0. The zero-order valence-corrected chi connectivity index (χ0v) is 49.4. The van der Waals surface area contributed by atoms with Crippen LogP contribution in [0.15, 0.2) is 146 Å². The third-order valence-corrected chi connectivity index (χ3v) is 18.0. The molecule has 0 bridgehead atoms. The predicted octanol–water partition coefficient (Wildman–Crippen LogP) is 18.2. The summed E-state index contributed by atoms with van der Waals surface area (Å²) in [4.78, 5) is 21.6. The van der Waals surface area contributed by atoms with E-state index in [0.29, 0.717) is 29.3 Å². The molecule has 2 saturated carbocycles. The van der Waals surface area contributed by atoms with Gasteiger partial charge in [-0.3, -0.25) is 0 Å². The first-order valence-electron chi connectivity index (χ1n) is 29.9. The van der Waals surface area contributed by atoms with E-state index in [1.165, 1.54) is 148 Å². The number of fused-ring (bicyclic) bond motifs is 4. The predicted molar refractivity (Wildman–Crippen MR) is 337 cm³/mol. The number of anilines is 6. The van der Waals surface area contributed by atoms with Crippen molar-refractivity contribution < 1.29 is 0 Å². The summed E-state index contributed by atoms with van der Waals surface area (Å²) in [5.41, 5.74) is 22.1. The molecule has 79 heavy (non-hydrogen) atoms. The van der Waals surface area contributed by atoms with E-state index in [0.717, 1.165) is 16.7 Å². The fourth-order valence-corrected chi connectivity index (χ4v) is 13.2. The average Bonchev–Trinajstić information content (AvgIpc) is 3.63. The summed E-state index contributed by atoms with van der Waals surface area (Å²) in [6.45, 7) is 28.4. The van der Waals surface area contributed by atoms with Crippen LogP contribution in [0.1, 0.15) is 193 Å². The second kappa shape index (κ2) is 20.1. The molecule has 12 rings (SSSR count). The first-order valence-corrected chi connectivity index (χ1v) is 29.9. The number of rotatable bonds is 7. The maximum atomic E-state index is 5.52. The molecule has 0 spiro atoms. The minimum absolute atomic E-state index is 0.0312. The largest absolute Gasteiger partial charge is 0.311 e. The van der Waals surface area contributed by atoms with Gasteiger partial charge in [-0.1, -0.05) is 219 Å². The Balaban J connectivity index is 1.23. The Morgan fingerprint density at radius 3 is 1.04 bits per heavy atom. The van der Waals surface area contributed by atoms with E-state index >= 15 is 0 Å². The Morgan fingerprint density at radius 2 is 0.696 bits per heavy atom. The van der Waals surface area contributed by atoms with Crippen molar-refractivity contribution in [3.63, 3.8) is 0 Å².